The summed E-state index contributed by atoms with van der Waals surface area (Å²) in [5, 5.41) is 0. The summed E-state index contributed by atoms with van der Waals surface area (Å²) in [6.07, 6.45) is 3.68. The third-order valence-corrected chi connectivity index (χ3v) is 3.49. The van der Waals surface area contributed by atoms with E-state index < -0.39 is 0 Å². The van der Waals surface area contributed by atoms with Crippen molar-refractivity contribution in [2.24, 2.45) is 5.73 Å². The fraction of sp³-hybridized carbons (Fsp3) is 0.500. The van der Waals surface area contributed by atoms with Crippen molar-refractivity contribution in [2.75, 3.05) is 11.4 Å². The molecule has 1 fully saturated rings. The molecule has 2 aliphatic heterocycles. The summed E-state index contributed by atoms with van der Waals surface area (Å²) in [7, 11) is 0. The van der Waals surface area contributed by atoms with Gasteiger partial charge >= 0.3 is 0 Å². The Kier molecular flexibility index (Phi) is 1.77. The molecule has 0 amide bonds. The number of hydrogen-bond acceptors (Lipinski definition) is 2. The van der Waals surface area contributed by atoms with Gasteiger partial charge in [-0.2, -0.15) is 0 Å². The molecule has 2 unspecified atom stereocenters. The standard InChI is InChI=1S/C12H16N2/c13-10-7-11-6-5-9-3-1-2-4-12(9)14(11)8-10/h1-4,10-11H,5-8,13H2. The Bertz CT molecular complexity index is 348. The van der Waals surface area contributed by atoms with Gasteiger partial charge in [-0.15, -0.1) is 0 Å². The SMILES string of the molecule is NC1CC2CCc3ccccc3N2C1. The first-order valence-electron chi connectivity index (χ1n) is 5.45. The van der Waals surface area contributed by atoms with E-state index in [9.17, 15) is 0 Å². The van der Waals surface area contributed by atoms with Gasteiger partial charge in [-0.3, -0.25) is 0 Å². The van der Waals surface area contributed by atoms with Crippen LogP contribution in [0, 0.1) is 0 Å². The van der Waals surface area contributed by atoms with Crippen LogP contribution >= 0.6 is 0 Å². The number of anilines is 1. The molecule has 2 aliphatic rings. The first-order valence-corrected chi connectivity index (χ1v) is 5.45. The fourth-order valence-corrected chi connectivity index (χ4v) is 2.85. The van der Waals surface area contributed by atoms with Crippen LogP contribution in [-0.4, -0.2) is 18.6 Å². The third-order valence-electron chi connectivity index (χ3n) is 3.49. The second-order valence-electron chi connectivity index (χ2n) is 4.47. The summed E-state index contributed by atoms with van der Waals surface area (Å²) in [5.74, 6) is 0. The van der Waals surface area contributed by atoms with E-state index in [4.69, 9.17) is 5.73 Å². The molecule has 0 bridgehead atoms. The van der Waals surface area contributed by atoms with Crippen molar-refractivity contribution in [2.45, 2.75) is 31.3 Å². The minimum Gasteiger partial charge on any atom is -0.367 e. The number of para-hydroxylation sites is 1. The van der Waals surface area contributed by atoms with Crippen LogP contribution in [0.4, 0.5) is 5.69 Å². The minimum atomic E-state index is 0.381. The fourth-order valence-electron chi connectivity index (χ4n) is 2.85. The maximum atomic E-state index is 6.01. The number of nitrogens with zero attached hydrogens (tertiary/aromatic N) is 1. The number of nitrogens with two attached hydrogens (primary N) is 1. The normalized spacial score (nSPS) is 29.9. The van der Waals surface area contributed by atoms with E-state index in [0.29, 0.717) is 12.1 Å². The van der Waals surface area contributed by atoms with Gasteiger partial charge in [0.25, 0.3) is 0 Å². The van der Waals surface area contributed by atoms with E-state index in [1.807, 2.05) is 0 Å². The van der Waals surface area contributed by atoms with Gasteiger partial charge in [0.1, 0.15) is 0 Å². The Morgan fingerprint density at radius 3 is 3.07 bits per heavy atom. The lowest BCUT2D eigenvalue weighted by molar-refractivity contribution is 0.575. The Morgan fingerprint density at radius 1 is 1.29 bits per heavy atom. The van der Waals surface area contributed by atoms with Crippen LogP contribution in [0.3, 0.4) is 0 Å². The molecule has 0 aliphatic carbocycles. The van der Waals surface area contributed by atoms with E-state index >= 15 is 0 Å². The van der Waals surface area contributed by atoms with E-state index in [-0.39, 0.29) is 0 Å². The highest BCUT2D eigenvalue weighted by Crippen LogP contribution is 2.35. The third kappa shape index (κ3) is 1.14. The van der Waals surface area contributed by atoms with Crippen molar-refractivity contribution in [3.05, 3.63) is 29.8 Å². The van der Waals surface area contributed by atoms with E-state index in [1.165, 1.54) is 30.5 Å². The van der Waals surface area contributed by atoms with Crippen molar-refractivity contribution in [3.8, 4) is 0 Å². The lowest BCUT2D eigenvalue weighted by Gasteiger charge is -2.33. The smallest absolute Gasteiger partial charge is 0.0401 e. The molecule has 1 aromatic rings. The van der Waals surface area contributed by atoms with Crippen molar-refractivity contribution in [3.63, 3.8) is 0 Å². The number of benzene rings is 1. The predicted octanol–water partition coefficient (Wildman–Crippen LogP) is 1.54. The zero-order valence-corrected chi connectivity index (χ0v) is 8.32. The molecule has 2 heterocycles. The molecule has 1 aromatic carbocycles. The average Bonchev–Trinajstić information content (AvgIpc) is 2.59. The van der Waals surface area contributed by atoms with Crippen LogP contribution < -0.4 is 10.6 Å². The Balaban J connectivity index is 2.01. The summed E-state index contributed by atoms with van der Waals surface area (Å²) >= 11 is 0. The molecule has 3 rings (SSSR count). The molecule has 0 saturated carbocycles. The van der Waals surface area contributed by atoms with Crippen LogP contribution in [0.2, 0.25) is 0 Å². The number of rotatable bonds is 0. The monoisotopic (exact) mass is 188 g/mol. The quantitative estimate of drug-likeness (QED) is 0.669. The summed E-state index contributed by atoms with van der Waals surface area (Å²) in [4.78, 5) is 2.50. The van der Waals surface area contributed by atoms with Crippen LogP contribution in [0.15, 0.2) is 24.3 Å². The number of fused-ring (bicyclic) bond motifs is 3. The average molecular weight is 188 g/mol. The first kappa shape index (κ1) is 8.30. The summed E-state index contributed by atoms with van der Waals surface area (Å²) in [6, 6.07) is 9.83. The molecule has 1 saturated heterocycles. The molecule has 0 radical (unpaired) electrons. The highest BCUT2D eigenvalue weighted by molar-refractivity contribution is 5.57. The molecule has 0 spiro atoms. The second kappa shape index (κ2) is 2.99. The van der Waals surface area contributed by atoms with Gasteiger partial charge in [-0.05, 0) is 30.9 Å². The summed E-state index contributed by atoms with van der Waals surface area (Å²) in [6.45, 7) is 1.04. The molecule has 2 N–H and O–H groups in total. The Labute approximate surface area is 84.7 Å². The summed E-state index contributed by atoms with van der Waals surface area (Å²) < 4.78 is 0. The highest BCUT2D eigenvalue weighted by atomic mass is 15.2. The molecule has 74 valence electrons. The van der Waals surface area contributed by atoms with Crippen molar-refractivity contribution in [1.29, 1.82) is 0 Å². The molecule has 0 aromatic heterocycles. The topological polar surface area (TPSA) is 29.3 Å². The van der Waals surface area contributed by atoms with Gasteiger partial charge in [-0.25, -0.2) is 0 Å². The zero-order chi connectivity index (χ0) is 9.54. The number of hydrogen-bond donors (Lipinski definition) is 1. The maximum Gasteiger partial charge on any atom is 0.0401 e. The molecular weight excluding hydrogens is 172 g/mol. The highest BCUT2D eigenvalue weighted by Gasteiger charge is 2.33. The Hall–Kier alpha value is -1.02. The van der Waals surface area contributed by atoms with E-state index in [1.54, 1.807) is 0 Å². The van der Waals surface area contributed by atoms with Crippen LogP contribution in [-0.2, 0) is 6.42 Å². The van der Waals surface area contributed by atoms with Crippen molar-refractivity contribution < 1.29 is 0 Å². The van der Waals surface area contributed by atoms with Crippen molar-refractivity contribution in [1.82, 2.24) is 0 Å². The van der Waals surface area contributed by atoms with E-state index in [2.05, 4.69) is 29.2 Å². The molecule has 2 nitrogen and oxygen atoms in total. The molecule has 14 heavy (non-hydrogen) atoms. The van der Waals surface area contributed by atoms with Crippen LogP contribution in [0.25, 0.3) is 0 Å². The lowest BCUT2D eigenvalue weighted by Crippen LogP contribution is -2.34. The zero-order valence-electron chi connectivity index (χ0n) is 8.32. The van der Waals surface area contributed by atoms with Gasteiger partial charge in [0.15, 0.2) is 0 Å². The minimum absolute atomic E-state index is 0.381. The van der Waals surface area contributed by atoms with Crippen LogP contribution in [0.1, 0.15) is 18.4 Å². The Morgan fingerprint density at radius 2 is 2.14 bits per heavy atom. The second-order valence-corrected chi connectivity index (χ2v) is 4.47. The lowest BCUT2D eigenvalue weighted by atomic mass is 9.96. The summed E-state index contributed by atoms with van der Waals surface area (Å²) in [5.41, 5.74) is 8.94. The van der Waals surface area contributed by atoms with E-state index in [0.717, 1.165) is 6.54 Å². The first-order chi connectivity index (χ1) is 6.84. The van der Waals surface area contributed by atoms with Gasteiger partial charge in [0, 0.05) is 24.3 Å². The van der Waals surface area contributed by atoms with Gasteiger partial charge in [-0.1, -0.05) is 18.2 Å². The van der Waals surface area contributed by atoms with Crippen molar-refractivity contribution >= 4 is 5.69 Å². The van der Waals surface area contributed by atoms with Gasteiger partial charge in [0.2, 0.25) is 0 Å². The molecular formula is C12H16N2. The predicted molar refractivity (Wildman–Crippen MR) is 58.5 cm³/mol. The number of aryl methyl sites for hydroxylation is 1. The maximum absolute atomic E-state index is 6.01. The molecule has 2 atom stereocenters. The molecule has 2 heteroatoms. The largest absolute Gasteiger partial charge is 0.367 e. The van der Waals surface area contributed by atoms with Gasteiger partial charge in [0.05, 0.1) is 0 Å². The van der Waals surface area contributed by atoms with Crippen LogP contribution in [0.5, 0.6) is 0 Å². The van der Waals surface area contributed by atoms with Gasteiger partial charge < -0.3 is 10.6 Å².